The summed E-state index contributed by atoms with van der Waals surface area (Å²) < 4.78 is 0. The predicted octanol–water partition coefficient (Wildman–Crippen LogP) is 3.28. The fourth-order valence-corrected chi connectivity index (χ4v) is 2.06. The van der Waals surface area contributed by atoms with Gasteiger partial charge in [0.05, 0.1) is 0 Å². The van der Waals surface area contributed by atoms with E-state index in [1.807, 2.05) is 68.4 Å². The maximum Gasteiger partial charge on any atom is 0.246 e. The van der Waals surface area contributed by atoms with E-state index in [4.69, 9.17) is 0 Å². The van der Waals surface area contributed by atoms with Crippen LogP contribution in [0.5, 0.6) is 0 Å². The summed E-state index contributed by atoms with van der Waals surface area (Å²) in [5.74, 6) is -0.0399. The summed E-state index contributed by atoms with van der Waals surface area (Å²) in [4.78, 5) is 12.4. The molecule has 0 unspecified atom stereocenters. The minimum atomic E-state index is -0.331. The second-order valence-corrected chi connectivity index (χ2v) is 4.76. The van der Waals surface area contributed by atoms with Gasteiger partial charge >= 0.3 is 0 Å². The lowest BCUT2D eigenvalue weighted by atomic mass is 10.1. The first-order valence-electron chi connectivity index (χ1n) is 6.86. The summed E-state index contributed by atoms with van der Waals surface area (Å²) in [7, 11) is 0. The Bertz CT molecular complexity index is 549. The Morgan fingerprint density at radius 3 is 2.30 bits per heavy atom. The number of likely N-dealkylation sites (N-methyl/N-ethyl adjacent to an activating group) is 1. The first-order chi connectivity index (χ1) is 9.70. The summed E-state index contributed by atoms with van der Waals surface area (Å²) in [6, 6.07) is 17.2. The molecule has 3 nitrogen and oxygen atoms in total. The van der Waals surface area contributed by atoms with Crippen molar-refractivity contribution in [2.75, 3.05) is 11.9 Å². The summed E-state index contributed by atoms with van der Waals surface area (Å²) in [5, 5.41) is 6.17. The van der Waals surface area contributed by atoms with Crippen molar-refractivity contribution < 1.29 is 4.79 Å². The molecule has 1 amide bonds. The van der Waals surface area contributed by atoms with Crippen molar-refractivity contribution in [3.8, 4) is 0 Å². The number of aryl methyl sites for hydroxylation is 1. The van der Waals surface area contributed by atoms with Gasteiger partial charge in [0.15, 0.2) is 0 Å². The van der Waals surface area contributed by atoms with Crippen LogP contribution < -0.4 is 10.6 Å². The number of rotatable bonds is 5. The molecule has 104 valence electrons. The van der Waals surface area contributed by atoms with Gasteiger partial charge in [-0.25, -0.2) is 0 Å². The van der Waals surface area contributed by atoms with E-state index >= 15 is 0 Å². The zero-order valence-electron chi connectivity index (χ0n) is 11.9. The third-order valence-electron chi connectivity index (χ3n) is 3.12. The third-order valence-corrected chi connectivity index (χ3v) is 3.12. The fraction of sp³-hybridized carbons (Fsp3) is 0.235. The molecule has 0 radical (unpaired) electrons. The highest BCUT2D eigenvalue weighted by atomic mass is 16.2. The summed E-state index contributed by atoms with van der Waals surface area (Å²) in [6.45, 7) is 4.76. The summed E-state index contributed by atoms with van der Waals surface area (Å²) >= 11 is 0. The molecular weight excluding hydrogens is 248 g/mol. The Hall–Kier alpha value is -2.13. The monoisotopic (exact) mass is 268 g/mol. The average molecular weight is 268 g/mol. The van der Waals surface area contributed by atoms with Crippen LogP contribution in [0.1, 0.15) is 24.1 Å². The van der Waals surface area contributed by atoms with Crippen LogP contribution >= 0.6 is 0 Å². The first kappa shape index (κ1) is 14.3. The van der Waals surface area contributed by atoms with E-state index in [-0.39, 0.29) is 11.9 Å². The molecule has 0 heterocycles. The van der Waals surface area contributed by atoms with Crippen LogP contribution in [0.2, 0.25) is 0 Å². The van der Waals surface area contributed by atoms with Gasteiger partial charge in [0.25, 0.3) is 0 Å². The Labute approximate surface area is 120 Å². The molecule has 2 aromatic rings. The van der Waals surface area contributed by atoms with Crippen LogP contribution in [0.3, 0.4) is 0 Å². The molecule has 0 aliphatic rings. The van der Waals surface area contributed by atoms with Crippen molar-refractivity contribution in [2.24, 2.45) is 0 Å². The van der Waals surface area contributed by atoms with Crippen molar-refractivity contribution >= 4 is 11.6 Å². The van der Waals surface area contributed by atoms with E-state index in [2.05, 4.69) is 10.6 Å². The highest BCUT2D eigenvalue weighted by Gasteiger charge is 2.19. The van der Waals surface area contributed by atoms with E-state index in [9.17, 15) is 4.79 Å². The lowest BCUT2D eigenvalue weighted by Gasteiger charge is -2.18. The number of benzene rings is 2. The molecule has 2 N–H and O–H groups in total. The van der Waals surface area contributed by atoms with Gasteiger partial charge in [-0.1, -0.05) is 55.0 Å². The quantitative estimate of drug-likeness (QED) is 0.873. The van der Waals surface area contributed by atoms with E-state index in [0.29, 0.717) is 0 Å². The van der Waals surface area contributed by atoms with Gasteiger partial charge in [-0.05, 0) is 31.2 Å². The predicted molar refractivity (Wildman–Crippen MR) is 82.7 cm³/mol. The fourth-order valence-electron chi connectivity index (χ4n) is 2.06. The molecule has 2 rings (SSSR count). The molecular formula is C17H20N2O. The summed E-state index contributed by atoms with van der Waals surface area (Å²) in [5.41, 5.74) is 2.97. The Morgan fingerprint density at radius 2 is 1.70 bits per heavy atom. The zero-order chi connectivity index (χ0) is 14.4. The molecule has 0 saturated carbocycles. The number of carbonyl (C=O) groups excluding carboxylic acids is 1. The van der Waals surface area contributed by atoms with Gasteiger partial charge in [0, 0.05) is 5.69 Å². The Kier molecular flexibility index (Phi) is 4.91. The highest BCUT2D eigenvalue weighted by Crippen LogP contribution is 2.16. The third kappa shape index (κ3) is 3.68. The molecule has 0 aliphatic heterocycles. The average Bonchev–Trinajstić information content (AvgIpc) is 2.48. The van der Waals surface area contributed by atoms with Gasteiger partial charge in [0.2, 0.25) is 5.91 Å². The normalized spacial score (nSPS) is 11.9. The van der Waals surface area contributed by atoms with Crippen molar-refractivity contribution in [1.82, 2.24) is 5.32 Å². The Morgan fingerprint density at radius 1 is 1.05 bits per heavy atom. The largest absolute Gasteiger partial charge is 0.324 e. The van der Waals surface area contributed by atoms with E-state index < -0.39 is 0 Å². The van der Waals surface area contributed by atoms with Crippen molar-refractivity contribution in [3.63, 3.8) is 0 Å². The van der Waals surface area contributed by atoms with Gasteiger partial charge in [-0.15, -0.1) is 0 Å². The number of hydrogen-bond acceptors (Lipinski definition) is 2. The van der Waals surface area contributed by atoms with Gasteiger partial charge in [-0.3, -0.25) is 4.79 Å². The molecule has 0 bridgehead atoms. The summed E-state index contributed by atoms with van der Waals surface area (Å²) in [6.07, 6.45) is 0. The van der Waals surface area contributed by atoms with Crippen LogP contribution in [0.4, 0.5) is 5.69 Å². The minimum Gasteiger partial charge on any atom is -0.324 e. The Balaban J connectivity index is 2.13. The topological polar surface area (TPSA) is 41.1 Å². The SMILES string of the molecule is CCN[C@@H](C(=O)Nc1ccc(C)cc1)c1ccccc1. The van der Waals surface area contributed by atoms with Gasteiger partial charge < -0.3 is 10.6 Å². The van der Waals surface area contributed by atoms with Crippen LogP contribution in [0.25, 0.3) is 0 Å². The number of carbonyl (C=O) groups is 1. The van der Waals surface area contributed by atoms with Crippen LogP contribution in [-0.4, -0.2) is 12.5 Å². The maximum absolute atomic E-state index is 12.4. The van der Waals surface area contributed by atoms with Gasteiger partial charge in [0.1, 0.15) is 6.04 Å². The number of hydrogen-bond donors (Lipinski definition) is 2. The van der Waals surface area contributed by atoms with Crippen molar-refractivity contribution in [1.29, 1.82) is 0 Å². The van der Waals surface area contributed by atoms with Crippen molar-refractivity contribution in [3.05, 3.63) is 65.7 Å². The van der Waals surface area contributed by atoms with Crippen LogP contribution in [0, 0.1) is 6.92 Å². The van der Waals surface area contributed by atoms with Crippen molar-refractivity contribution in [2.45, 2.75) is 19.9 Å². The van der Waals surface area contributed by atoms with Crippen LogP contribution in [0.15, 0.2) is 54.6 Å². The van der Waals surface area contributed by atoms with E-state index in [1.165, 1.54) is 5.56 Å². The van der Waals surface area contributed by atoms with E-state index in [1.54, 1.807) is 0 Å². The molecule has 0 spiro atoms. The molecule has 20 heavy (non-hydrogen) atoms. The lowest BCUT2D eigenvalue weighted by Crippen LogP contribution is -2.32. The van der Waals surface area contributed by atoms with E-state index in [0.717, 1.165) is 17.8 Å². The minimum absolute atomic E-state index is 0.0399. The maximum atomic E-state index is 12.4. The molecule has 0 aliphatic carbocycles. The standard InChI is InChI=1S/C17H20N2O/c1-3-18-16(14-7-5-4-6-8-14)17(20)19-15-11-9-13(2)10-12-15/h4-12,16,18H,3H2,1-2H3,(H,19,20)/t16-/m1/s1. The molecule has 1 atom stereocenters. The highest BCUT2D eigenvalue weighted by molar-refractivity contribution is 5.95. The molecule has 0 fully saturated rings. The molecule has 0 aromatic heterocycles. The number of amides is 1. The van der Waals surface area contributed by atoms with Crippen LogP contribution in [-0.2, 0) is 4.79 Å². The first-order valence-corrected chi connectivity index (χ1v) is 6.86. The zero-order valence-corrected chi connectivity index (χ0v) is 11.9. The smallest absolute Gasteiger partial charge is 0.246 e. The second-order valence-electron chi connectivity index (χ2n) is 4.76. The second kappa shape index (κ2) is 6.87. The number of nitrogens with one attached hydrogen (secondary N) is 2. The molecule has 3 heteroatoms. The number of anilines is 1. The van der Waals surface area contributed by atoms with Gasteiger partial charge in [-0.2, -0.15) is 0 Å². The lowest BCUT2D eigenvalue weighted by molar-refractivity contribution is -0.118. The molecule has 0 saturated heterocycles. The molecule has 2 aromatic carbocycles.